The Morgan fingerprint density at radius 3 is 2.33 bits per heavy atom. The van der Waals surface area contributed by atoms with Gasteiger partial charge in [-0.15, -0.1) is 11.6 Å². The summed E-state index contributed by atoms with van der Waals surface area (Å²) >= 11 is 6.09. The second-order valence-electron chi connectivity index (χ2n) is 4.59. The second-order valence-corrected chi connectivity index (χ2v) is 4.86. The van der Waals surface area contributed by atoms with Crippen LogP contribution in [0, 0.1) is 5.92 Å². The summed E-state index contributed by atoms with van der Waals surface area (Å²) < 4.78 is 5.39. The molecule has 3 heteroatoms. The monoisotopic (exact) mass is 233 g/mol. The first-order valence-corrected chi connectivity index (χ1v) is 6.68. The molecule has 1 saturated heterocycles. The molecule has 0 aromatic rings. The molecule has 2 nitrogen and oxygen atoms in total. The first kappa shape index (κ1) is 13.3. The highest BCUT2D eigenvalue weighted by atomic mass is 35.5. The zero-order chi connectivity index (χ0) is 11.1. The van der Waals surface area contributed by atoms with E-state index in [4.69, 9.17) is 16.3 Å². The lowest BCUT2D eigenvalue weighted by Crippen LogP contribution is -2.52. The van der Waals surface area contributed by atoms with E-state index >= 15 is 0 Å². The van der Waals surface area contributed by atoms with E-state index in [1.54, 1.807) is 0 Å². The van der Waals surface area contributed by atoms with Gasteiger partial charge in [-0.05, 0) is 25.3 Å². The van der Waals surface area contributed by atoms with Crippen LogP contribution in [0.25, 0.3) is 0 Å². The summed E-state index contributed by atoms with van der Waals surface area (Å²) in [7, 11) is 0. The van der Waals surface area contributed by atoms with Gasteiger partial charge in [0.25, 0.3) is 0 Å². The third kappa shape index (κ3) is 3.93. The molecule has 1 rings (SSSR count). The summed E-state index contributed by atoms with van der Waals surface area (Å²) in [6.45, 7) is 7.31. The summed E-state index contributed by atoms with van der Waals surface area (Å²) in [6.07, 6.45) is 4.60. The number of halogens is 1. The number of hydrogen-bond acceptors (Lipinski definition) is 2. The predicted octanol–water partition coefficient (Wildman–Crippen LogP) is 2.80. The Bertz CT molecular complexity index is 165. The molecular weight excluding hydrogens is 210 g/mol. The van der Waals surface area contributed by atoms with E-state index in [1.807, 2.05) is 0 Å². The van der Waals surface area contributed by atoms with Crippen LogP contribution < -0.4 is 5.32 Å². The molecule has 1 N–H and O–H groups in total. The Balaban J connectivity index is 2.38. The van der Waals surface area contributed by atoms with E-state index in [1.165, 1.54) is 12.8 Å². The van der Waals surface area contributed by atoms with Gasteiger partial charge in [0.2, 0.25) is 0 Å². The topological polar surface area (TPSA) is 21.3 Å². The van der Waals surface area contributed by atoms with Gasteiger partial charge in [-0.2, -0.15) is 0 Å². The summed E-state index contributed by atoms with van der Waals surface area (Å²) in [5.74, 6) is 1.49. The highest BCUT2D eigenvalue weighted by Gasteiger charge is 2.31. The van der Waals surface area contributed by atoms with E-state index in [2.05, 4.69) is 19.2 Å². The van der Waals surface area contributed by atoms with Crippen molar-refractivity contribution < 1.29 is 4.74 Å². The maximum atomic E-state index is 6.09. The number of alkyl halides is 1. The normalized spacial score (nSPS) is 20.8. The van der Waals surface area contributed by atoms with Crippen LogP contribution in [-0.4, -0.2) is 31.2 Å². The molecule has 0 atom stereocenters. The van der Waals surface area contributed by atoms with E-state index in [0.717, 1.165) is 38.5 Å². The highest BCUT2D eigenvalue weighted by Crippen LogP contribution is 2.23. The van der Waals surface area contributed by atoms with Crippen LogP contribution in [-0.2, 0) is 4.74 Å². The van der Waals surface area contributed by atoms with Crippen molar-refractivity contribution in [1.82, 2.24) is 5.32 Å². The van der Waals surface area contributed by atoms with Crippen molar-refractivity contribution >= 4 is 11.6 Å². The van der Waals surface area contributed by atoms with Crippen molar-refractivity contribution in [2.24, 2.45) is 5.92 Å². The average molecular weight is 234 g/mol. The molecule has 0 bridgehead atoms. The fraction of sp³-hybridized carbons (Fsp3) is 1.00. The van der Waals surface area contributed by atoms with E-state index < -0.39 is 0 Å². The van der Waals surface area contributed by atoms with Gasteiger partial charge in [-0.1, -0.05) is 26.7 Å². The van der Waals surface area contributed by atoms with Gasteiger partial charge in [-0.3, -0.25) is 0 Å². The molecule has 0 unspecified atom stereocenters. The van der Waals surface area contributed by atoms with Crippen molar-refractivity contribution in [2.75, 3.05) is 25.6 Å². The van der Waals surface area contributed by atoms with Crippen molar-refractivity contribution in [3.05, 3.63) is 0 Å². The lowest BCUT2D eigenvalue weighted by Gasteiger charge is -2.37. The van der Waals surface area contributed by atoms with E-state index in [9.17, 15) is 0 Å². The van der Waals surface area contributed by atoms with Crippen LogP contribution in [0.3, 0.4) is 0 Å². The maximum absolute atomic E-state index is 6.09. The Labute approximate surface area is 98.7 Å². The molecule has 0 aromatic carbocycles. The number of rotatable bonds is 6. The standard InChI is InChI=1S/C12H24ClNO/c1-3-11(4-2)9-14-12(10-13)5-7-15-8-6-12/h11,14H,3-10H2,1-2H3. The van der Waals surface area contributed by atoms with Crippen molar-refractivity contribution in [3.63, 3.8) is 0 Å². The zero-order valence-electron chi connectivity index (χ0n) is 10.0. The Hall–Kier alpha value is 0.210. The molecule has 0 aliphatic carbocycles. The highest BCUT2D eigenvalue weighted by molar-refractivity contribution is 6.18. The Morgan fingerprint density at radius 1 is 1.27 bits per heavy atom. The number of ether oxygens (including phenoxy) is 1. The molecule has 0 aromatic heterocycles. The van der Waals surface area contributed by atoms with Crippen LogP contribution in [0.4, 0.5) is 0 Å². The van der Waals surface area contributed by atoms with Gasteiger partial charge >= 0.3 is 0 Å². The molecule has 0 saturated carbocycles. The van der Waals surface area contributed by atoms with Crippen molar-refractivity contribution in [2.45, 2.75) is 45.1 Å². The minimum atomic E-state index is 0.141. The molecule has 1 aliphatic heterocycles. The molecule has 0 amide bonds. The largest absolute Gasteiger partial charge is 0.381 e. The van der Waals surface area contributed by atoms with Gasteiger partial charge in [0, 0.05) is 24.6 Å². The van der Waals surface area contributed by atoms with Gasteiger partial charge < -0.3 is 10.1 Å². The van der Waals surface area contributed by atoms with Crippen LogP contribution in [0.15, 0.2) is 0 Å². The summed E-state index contributed by atoms with van der Waals surface area (Å²) in [5, 5.41) is 3.67. The summed E-state index contributed by atoms with van der Waals surface area (Å²) in [6, 6.07) is 0. The Kier molecular flexibility index (Phi) is 5.95. The van der Waals surface area contributed by atoms with Crippen LogP contribution >= 0.6 is 11.6 Å². The van der Waals surface area contributed by atoms with Gasteiger partial charge in [0.05, 0.1) is 0 Å². The minimum Gasteiger partial charge on any atom is -0.381 e. The lowest BCUT2D eigenvalue weighted by atomic mass is 9.91. The smallest absolute Gasteiger partial charge is 0.0484 e. The third-order valence-electron chi connectivity index (χ3n) is 3.63. The average Bonchev–Trinajstić information content (AvgIpc) is 2.31. The molecule has 1 heterocycles. The fourth-order valence-corrected chi connectivity index (χ4v) is 2.42. The number of hydrogen-bond donors (Lipinski definition) is 1. The minimum absolute atomic E-state index is 0.141. The lowest BCUT2D eigenvalue weighted by molar-refractivity contribution is 0.0449. The summed E-state index contributed by atoms with van der Waals surface area (Å²) in [5.41, 5.74) is 0.141. The SMILES string of the molecule is CCC(CC)CNC1(CCl)CCOCC1. The molecule has 1 aliphatic rings. The number of nitrogens with one attached hydrogen (secondary N) is 1. The van der Waals surface area contributed by atoms with Gasteiger partial charge in [-0.25, -0.2) is 0 Å². The van der Waals surface area contributed by atoms with Gasteiger partial charge in [0.15, 0.2) is 0 Å². The first-order valence-electron chi connectivity index (χ1n) is 6.15. The van der Waals surface area contributed by atoms with Crippen LogP contribution in [0.5, 0.6) is 0 Å². The maximum Gasteiger partial charge on any atom is 0.0484 e. The molecule has 1 fully saturated rings. The molecule has 0 radical (unpaired) electrons. The predicted molar refractivity (Wildman–Crippen MR) is 65.6 cm³/mol. The fourth-order valence-electron chi connectivity index (χ4n) is 2.06. The van der Waals surface area contributed by atoms with E-state index in [0.29, 0.717) is 5.88 Å². The molecular formula is C12H24ClNO. The molecule has 15 heavy (non-hydrogen) atoms. The van der Waals surface area contributed by atoms with E-state index in [-0.39, 0.29) is 5.54 Å². The van der Waals surface area contributed by atoms with Crippen LogP contribution in [0.2, 0.25) is 0 Å². The van der Waals surface area contributed by atoms with Crippen molar-refractivity contribution in [1.29, 1.82) is 0 Å². The molecule has 0 spiro atoms. The third-order valence-corrected chi connectivity index (χ3v) is 4.14. The van der Waals surface area contributed by atoms with Crippen molar-refractivity contribution in [3.8, 4) is 0 Å². The quantitative estimate of drug-likeness (QED) is 0.713. The molecule has 90 valence electrons. The first-order chi connectivity index (χ1) is 7.26. The summed E-state index contributed by atoms with van der Waals surface area (Å²) in [4.78, 5) is 0. The Morgan fingerprint density at radius 2 is 1.87 bits per heavy atom. The van der Waals surface area contributed by atoms with Crippen LogP contribution in [0.1, 0.15) is 39.5 Å². The second kappa shape index (κ2) is 6.72. The van der Waals surface area contributed by atoms with Gasteiger partial charge in [0.1, 0.15) is 0 Å². The zero-order valence-corrected chi connectivity index (χ0v) is 10.8.